The van der Waals surface area contributed by atoms with Crippen LogP contribution in [0.1, 0.15) is 60.9 Å². The number of rotatable bonds is 5. The number of hydrogen-bond acceptors (Lipinski definition) is 4. The second-order valence-corrected chi connectivity index (χ2v) is 5.47. The van der Waals surface area contributed by atoms with Crippen LogP contribution >= 0.6 is 0 Å². The highest BCUT2D eigenvalue weighted by Gasteiger charge is 2.25. The molecule has 20 heavy (non-hydrogen) atoms. The number of ether oxygens (including phenoxy) is 1. The van der Waals surface area contributed by atoms with Crippen LogP contribution in [0.5, 0.6) is 0 Å². The zero-order valence-electron chi connectivity index (χ0n) is 12.3. The molecule has 1 fully saturated rings. The molecular weight excluding hydrogens is 256 g/mol. The number of nitrogen functional groups attached to an aromatic ring is 1. The molecule has 1 aliphatic carbocycles. The van der Waals surface area contributed by atoms with Gasteiger partial charge in [0.25, 0.3) is 0 Å². The molecule has 0 saturated heterocycles. The molecule has 2 unspecified atom stereocenters. The highest BCUT2D eigenvalue weighted by molar-refractivity contribution is 5.91. The van der Waals surface area contributed by atoms with Gasteiger partial charge < -0.3 is 9.15 Å². The van der Waals surface area contributed by atoms with Crippen molar-refractivity contribution < 1.29 is 13.9 Å². The van der Waals surface area contributed by atoms with Gasteiger partial charge in [0.2, 0.25) is 0 Å². The minimum atomic E-state index is -0.413. The van der Waals surface area contributed by atoms with Crippen LogP contribution in [0.4, 0.5) is 0 Å². The molecule has 1 aliphatic rings. The van der Waals surface area contributed by atoms with Gasteiger partial charge in [-0.15, -0.1) is 0 Å². The Labute approximate surface area is 119 Å². The minimum absolute atomic E-state index is 0.235. The fourth-order valence-corrected chi connectivity index (χ4v) is 2.90. The summed E-state index contributed by atoms with van der Waals surface area (Å²) >= 11 is 0. The lowest BCUT2D eigenvalue weighted by atomic mass is 9.85. The molecule has 5 nitrogen and oxygen atoms in total. The van der Waals surface area contributed by atoms with Crippen molar-refractivity contribution in [1.29, 1.82) is 0 Å². The number of aryl methyl sites for hydroxylation is 1. The number of carbonyl (C=O) groups excluding carboxylic acids is 1. The molecule has 1 aromatic rings. The number of carbonyl (C=O) groups is 1. The van der Waals surface area contributed by atoms with Crippen molar-refractivity contribution in [2.24, 2.45) is 11.8 Å². The van der Waals surface area contributed by atoms with Crippen LogP contribution in [-0.4, -0.2) is 12.0 Å². The summed E-state index contributed by atoms with van der Waals surface area (Å²) in [5.41, 5.74) is 2.99. The summed E-state index contributed by atoms with van der Waals surface area (Å²) in [5, 5.41) is 0. The number of amides is 1. The second-order valence-electron chi connectivity index (χ2n) is 5.47. The molecule has 0 spiro atoms. The summed E-state index contributed by atoms with van der Waals surface area (Å²) < 4.78 is 11.4. The van der Waals surface area contributed by atoms with Gasteiger partial charge in [-0.25, -0.2) is 5.84 Å². The Morgan fingerprint density at radius 1 is 1.50 bits per heavy atom. The first-order valence-corrected chi connectivity index (χ1v) is 7.37. The van der Waals surface area contributed by atoms with E-state index in [-0.39, 0.29) is 5.76 Å². The Morgan fingerprint density at radius 3 is 2.95 bits per heavy atom. The summed E-state index contributed by atoms with van der Waals surface area (Å²) in [6.07, 6.45) is 6.43. The molecule has 0 aromatic carbocycles. The van der Waals surface area contributed by atoms with Gasteiger partial charge in [0, 0.05) is 5.56 Å². The molecule has 112 valence electrons. The molecular formula is C15H24N2O3. The Bertz CT molecular complexity index is 456. The molecule has 1 amide bonds. The van der Waals surface area contributed by atoms with Gasteiger partial charge in [-0.3, -0.25) is 10.2 Å². The van der Waals surface area contributed by atoms with E-state index in [4.69, 9.17) is 15.0 Å². The summed E-state index contributed by atoms with van der Waals surface area (Å²) in [6, 6.07) is 1.71. The predicted molar refractivity (Wildman–Crippen MR) is 75.9 cm³/mol. The van der Waals surface area contributed by atoms with E-state index < -0.39 is 5.91 Å². The maximum atomic E-state index is 11.4. The van der Waals surface area contributed by atoms with Crippen molar-refractivity contribution in [3.05, 3.63) is 23.2 Å². The fourth-order valence-electron chi connectivity index (χ4n) is 2.90. The lowest BCUT2D eigenvalue weighted by Gasteiger charge is -2.30. The van der Waals surface area contributed by atoms with Crippen molar-refractivity contribution in [3.8, 4) is 0 Å². The van der Waals surface area contributed by atoms with Gasteiger partial charge in [0.15, 0.2) is 5.76 Å². The lowest BCUT2D eigenvalue weighted by molar-refractivity contribution is -0.0225. The molecule has 1 saturated carbocycles. The second kappa shape index (κ2) is 6.90. The molecule has 1 aromatic heterocycles. The number of furan rings is 1. The fraction of sp³-hybridized carbons (Fsp3) is 0.667. The van der Waals surface area contributed by atoms with Gasteiger partial charge >= 0.3 is 5.91 Å². The van der Waals surface area contributed by atoms with E-state index in [1.807, 2.05) is 6.92 Å². The van der Waals surface area contributed by atoms with Crippen LogP contribution in [0.3, 0.4) is 0 Å². The van der Waals surface area contributed by atoms with Crippen LogP contribution in [-0.2, 0) is 11.3 Å². The van der Waals surface area contributed by atoms with Crippen molar-refractivity contribution in [2.45, 2.75) is 58.7 Å². The first kappa shape index (κ1) is 15.1. The summed E-state index contributed by atoms with van der Waals surface area (Å²) in [5.74, 6) is 6.29. The van der Waals surface area contributed by atoms with E-state index in [2.05, 4.69) is 12.3 Å². The van der Waals surface area contributed by atoms with Crippen LogP contribution < -0.4 is 11.3 Å². The van der Waals surface area contributed by atoms with E-state index in [1.165, 1.54) is 19.3 Å². The van der Waals surface area contributed by atoms with Crippen LogP contribution in [0, 0.1) is 12.8 Å². The van der Waals surface area contributed by atoms with E-state index in [9.17, 15) is 4.79 Å². The third-order valence-electron chi connectivity index (χ3n) is 4.19. The molecule has 0 aliphatic heterocycles. The molecule has 1 heterocycles. The average Bonchev–Trinajstić information content (AvgIpc) is 2.85. The zero-order valence-corrected chi connectivity index (χ0v) is 12.3. The number of hydrazine groups is 1. The SMILES string of the molecule is CCC1CCCCC1OCc1cc(C(=O)NN)oc1C. The maximum absolute atomic E-state index is 11.4. The van der Waals surface area contributed by atoms with Gasteiger partial charge in [0.1, 0.15) is 5.76 Å². The van der Waals surface area contributed by atoms with Crippen molar-refractivity contribution >= 4 is 5.91 Å². The molecule has 2 rings (SSSR count). The van der Waals surface area contributed by atoms with Gasteiger partial charge in [-0.2, -0.15) is 0 Å². The minimum Gasteiger partial charge on any atom is -0.456 e. The van der Waals surface area contributed by atoms with E-state index in [1.54, 1.807) is 6.07 Å². The Kier molecular flexibility index (Phi) is 5.20. The van der Waals surface area contributed by atoms with Gasteiger partial charge in [-0.05, 0) is 31.7 Å². The smallest absolute Gasteiger partial charge is 0.300 e. The van der Waals surface area contributed by atoms with Crippen molar-refractivity contribution in [1.82, 2.24) is 5.43 Å². The molecule has 2 atom stereocenters. The number of hydrogen-bond donors (Lipinski definition) is 2. The van der Waals surface area contributed by atoms with Crippen molar-refractivity contribution in [2.75, 3.05) is 0 Å². The van der Waals surface area contributed by atoms with Crippen LogP contribution in [0.2, 0.25) is 0 Å². The average molecular weight is 280 g/mol. The highest BCUT2D eigenvalue weighted by atomic mass is 16.5. The summed E-state index contributed by atoms with van der Waals surface area (Å²) in [6.45, 7) is 4.55. The Morgan fingerprint density at radius 2 is 2.25 bits per heavy atom. The van der Waals surface area contributed by atoms with Crippen LogP contribution in [0.15, 0.2) is 10.5 Å². The van der Waals surface area contributed by atoms with Gasteiger partial charge in [-0.1, -0.05) is 26.2 Å². The largest absolute Gasteiger partial charge is 0.456 e. The predicted octanol–water partition coefficient (Wildman–Crippen LogP) is 2.68. The maximum Gasteiger partial charge on any atom is 0.300 e. The Hall–Kier alpha value is -1.33. The van der Waals surface area contributed by atoms with E-state index in [0.29, 0.717) is 24.4 Å². The van der Waals surface area contributed by atoms with Gasteiger partial charge in [0.05, 0.1) is 12.7 Å². The summed E-state index contributed by atoms with van der Waals surface area (Å²) in [4.78, 5) is 11.4. The topological polar surface area (TPSA) is 77.5 Å². The lowest BCUT2D eigenvalue weighted by Crippen LogP contribution is -2.29. The first-order valence-electron chi connectivity index (χ1n) is 7.37. The molecule has 3 N–H and O–H groups in total. The summed E-state index contributed by atoms with van der Waals surface area (Å²) in [7, 11) is 0. The van der Waals surface area contributed by atoms with E-state index >= 15 is 0 Å². The number of nitrogens with one attached hydrogen (secondary N) is 1. The number of nitrogens with two attached hydrogens (primary N) is 1. The zero-order chi connectivity index (χ0) is 14.5. The van der Waals surface area contributed by atoms with Crippen molar-refractivity contribution in [3.63, 3.8) is 0 Å². The van der Waals surface area contributed by atoms with E-state index in [0.717, 1.165) is 18.4 Å². The first-order chi connectivity index (χ1) is 9.65. The highest BCUT2D eigenvalue weighted by Crippen LogP contribution is 2.30. The molecule has 5 heteroatoms. The Balaban J connectivity index is 1.96. The monoisotopic (exact) mass is 280 g/mol. The van der Waals surface area contributed by atoms with Crippen LogP contribution in [0.25, 0.3) is 0 Å². The normalized spacial score (nSPS) is 22.8. The molecule has 0 radical (unpaired) electrons. The molecule has 0 bridgehead atoms. The standard InChI is InChI=1S/C15H24N2O3/c1-3-11-6-4-5-7-13(11)19-9-12-8-14(15(18)17-16)20-10(12)2/h8,11,13H,3-7,9,16H2,1-2H3,(H,17,18). The third-order valence-corrected chi connectivity index (χ3v) is 4.19. The quantitative estimate of drug-likeness (QED) is 0.494. The third kappa shape index (κ3) is 3.41.